The fraction of sp³-hybridized carbons (Fsp3) is 0.538. The fourth-order valence-corrected chi connectivity index (χ4v) is 2.59. The molecule has 0 aromatic heterocycles. The van der Waals surface area contributed by atoms with Crippen molar-refractivity contribution in [2.75, 3.05) is 13.6 Å². The number of benzene rings is 1. The van der Waals surface area contributed by atoms with Gasteiger partial charge in [-0.3, -0.25) is 0 Å². The minimum atomic E-state index is 0.509. The molecule has 1 nitrogen and oxygen atoms in total. The van der Waals surface area contributed by atoms with Gasteiger partial charge in [0.1, 0.15) is 0 Å². The molecule has 0 fully saturated rings. The van der Waals surface area contributed by atoms with E-state index in [1.807, 2.05) is 0 Å². The minimum Gasteiger partial charge on any atom is -0.302 e. The molecule has 0 atom stereocenters. The van der Waals surface area contributed by atoms with Gasteiger partial charge in [0.2, 0.25) is 0 Å². The van der Waals surface area contributed by atoms with Crippen LogP contribution in [0.1, 0.15) is 36.5 Å². The fourth-order valence-electron chi connectivity index (χ4n) is 2.18. The number of nitrogens with zero attached hydrogens (tertiary/aromatic N) is 1. The summed E-state index contributed by atoms with van der Waals surface area (Å²) in [6.07, 6.45) is 1.13. The molecule has 2 rings (SSSR count). The van der Waals surface area contributed by atoms with Crippen LogP contribution in [-0.2, 0) is 13.0 Å². The van der Waals surface area contributed by atoms with Crippen LogP contribution < -0.4 is 0 Å². The first kappa shape index (κ1) is 11.0. The van der Waals surface area contributed by atoms with Crippen LogP contribution in [0.3, 0.4) is 0 Å². The average molecular weight is 224 g/mol. The second-order valence-corrected chi connectivity index (χ2v) is 5.19. The lowest BCUT2D eigenvalue weighted by molar-refractivity contribution is 0.312. The van der Waals surface area contributed by atoms with Gasteiger partial charge in [0, 0.05) is 18.1 Å². The Morgan fingerprint density at radius 2 is 2.00 bits per heavy atom. The second kappa shape index (κ2) is 4.15. The summed E-state index contributed by atoms with van der Waals surface area (Å²) < 4.78 is 0. The summed E-state index contributed by atoms with van der Waals surface area (Å²) in [7, 11) is 2.17. The Morgan fingerprint density at radius 1 is 1.27 bits per heavy atom. The number of fused-ring (bicyclic) bond motifs is 1. The van der Waals surface area contributed by atoms with Crippen LogP contribution in [0.4, 0.5) is 0 Å². The maximum absolute atomic E-state index is 6.28. The molecule has 0 bridgehead atoms. The Labute approximate surface area is 97.0 Å². The molecule has 15 heavy (non-hydrogen) atoms. The molecule has 1 aromatic rings. The van der Waals surface area contributed by atoms with Crippen molar-refractivity contribution < 1.29 is 0 Å². The van der Waals surface area contributed by atoms with Crippen molar-refractivity contribution in [3.8, 4) is 0 Å². The largest absolute Gasteiger partial charge is 0.302 e. The van der Waals surface area contributed by atoms with Crippen molar-refractivity contribution in [1.29, 1.82) is 0 Å². The molecule has 2 heteroatoms. The number of hydrogen-bond acceptors (Lipinski definition) is 1. The average Bonchev–Trinajstić information content (AvgIpc) is 2.17. The van der Waals surface area contributed by atoms with Gasteiger partial charge in [0.15, 0.2) is 0 Å². The van der Waals surface area contributed by atoms with Gasteiger partial charge in [0.25, 0.3) is 0 Å². The quantitative estimate of drug-likeness (QED) is 0.705. The van der Waals surface area contributed by atoms with Crippen LogP contribution in [0.2, 0.25) is 5.02 Å². The first-order valence-corrected chi connectivity index (χ1v) is 5.95. The minimum absolute atomic E-state index is 0.509. The van der Waals surface area contributed by atoms with Crippen molar-refractivity contribution in [3.63, 3.8) is 0 Å². The molecule has 1 aliphatic rings. The van der Waals surface area contributed by atoms with Crippen molar-refractivity contribution in [1.82, 2.24) is 4.90 Å². The van der Waals surface area contributed by atoms with E-state index in [1.54, 1.807) is 0 Å². The Kier molecular flexibility index (Phi) is 3.03. The Hall–Kier alpha value is -0.530. The third-order valence-electron chi connectivity index (χ3n) is 3.14. The molecule has 1 heterocycles. The lowest BCUT2D eigenvalue weighted by atomic mass is 9.93. The topological polar surface area (TPSA) is 3.24 Å². The molecular formula is C13H18ClN. The second-order valence-electron chi connectivity index (χ2n) is 4.78. The predicted molar refractivity (Wildman–Crippen MR) is 65.6 cm³/mol. The molecule has 0 radical (unpaired) electrons. The lowest BCUT2D eigenvalue weighted by Crippen LogP contribution is -2.26. The van der Waals surface area contributed by atoms with E-state index >= 15 is 0 Å². The molecule has 0 unspecified atom stereocenters. The van der Waals surface area contributed by atoms with E-state index < -0.39 is 0 Å². The number of halogens is 1. The van der Waals surface area contributed by atoms with Crippen LogP contribution in [0.15, 0.2) is 12.1 Å². The first-order valence-electron chi connectivity index (χ1n) is 5.57. The summed E-state index contributed by atoms with van der Waals surface area (Å²) in [6, 6.07) is 4.46. The zero-order chi connectivity index (χ0) is 11.0. The number of rotatable bonds is 1. The number of likely N-dealkylation sites (N-methyl/N-ethyl adjacent to an activating group) is 1. The van der Waals surface area contributed by atoms with Crippen molar-refractivity contribution in [2.24, 2.45) is 0 Å². The van der Waals surface area contributed by atoms with E-state index in [4.69, 9.17) is 11.6 Å². The highest BCUT2D eigenvalue weighted by molar-refractivity contribution is 6.31. The van der Waals surface area contributed by atoms with E-state index in [9.17, 15) is 0 Å². The van der Waals surface area contributed by atoms with Gasteiger partial charge in [-0.25, -0.2) is 0 Å². The standard InChI is InChI=1S/C13H18ClN/c1-9(2)12-6-11-8-15(3)5-4-10(11)7-13(12)14/h6-7,9H,4-5,8H2,1-3H3. The highest BCUT2D eigenvalue weighted by Gasteiger charge is 2.16. The maximum Gasteiger partial charge on any atom is 0.0443 e. The molecule has 0 spiro atoms. The lowest BCUT2D eigenvalue weighted by Gasteiger charge is -2.26. The zero-order valence-corrected chi connectivity index (χ0v) is 10.4. The van der Waals surface area contributed by atoms with Gasteiger partial charge in [-0.2, -0.15) is 0 Å². The third-order valence-corrected chi connectivity index (χ3v) is 3.47. The van der Waals surface area contributed by atoms with Crippen molar-refractivity contribution in [2.45, 2.75) is 32.7 Å². The van der Waals surface area contributed by atoms with Crippen LogP contribution in [0.5, 0.6) is 0 Å². The molecule has 1 aromatic carbocycles. The molecule has 0 aliphatic carbocycles. The van der Waals surface area contributed by atoms with E-state index in [0.29, 0.717) is 5.92 Å². The number of hydrogen-bond donors (Lipinski definition) is 0. The van der Waals surface area contributed by atoms with E-state index in [2.05, 4.69) is 37.9 Å². The molecule has 1 aliphatic heterocycles. The predicted octanol–water partition coefficient (Wildman–Crippen LogP) is 3.45. The van der Waals surface area contributed by atoms with E-state index in [0.717, 1.165) is 24.5 Å². The molecular weight excluding hydrogens is 206 g/mol. The Balaban J connectivity index is 2.42. The Morgan fingerprint density at radius 3 is 2.67 bits per heavy atom. The molecule has 0 amide bonds. The van der Waals surface area contributed by atoms with Crippen LogP contribution in [0.25, 0.3) is 0 Å². The molecule has 0 saturated carbocycles. The van der Waals surface area contributed by atoms with Gasteiger partial charge >= 0.3 is 0 Å². The molecule has 82 valence electrons. The first-order chi connectivity index (χ1) is 7.08. The summed E-state index contributed by atoms with van der Waals surface area (Å²) in [6.45, 7) is 6.59. The SMILES string of the molecule is CC(C)c1cc2c(cc1Cl)CCN(C)C2. The summed E-state index contributed by atoms with van der Waals surface area (Å²) >= 11 is 6.28. The zero-order valence-electron chi connectivity index (χ0n) is 9.68. The summed E-state index contributed by atoms with van der Waals surface area (Å²) in [5.74, 6) is 0.509. The molecule has 0 N–H and O–H groups in total. The van der Waals surface area contributed by atoms with Gasteiger partial charge in [-0.1, -0.05) is 31.5 Å². The summed E-state index contributed by atoms with van der Waals surface area (Å²) in [5, 5.41) is 0.938. The van der Waals surface area contributed by atoms with Crippen LogP contribution >= 0.6 is 11.6 Å². The van der Waals surface area contributed by atoms with Crippen molar-refractivity contribution in [3.05, 3.63) is 33.8 Å². The Bertz CT molecular complexity index is 371. The van der Waals surface area contributed by atoms with Gasteiger partial charge in [0.05, 0.1) is 0 Å². The summed E-state index contributed by atoms with van der Waals surface area (Å²) in [4.78, 5) is 2.36. The van der Waals surface area contributed by atoms with Crippen molar-refractivity contribution >= 4 is 11.6 Å². The van der Waals surface area contributed by atoms with Gasteiger partial charge in [-0.15, -0.1) is 0 Å². The van der Waals surface area contributed by atoms with E-state index in [1.165, 1.54) is 16.7 Å². The third kappa shape index (κ3) is 2.19. The van der Waals surface area contributed by atoms with Gasteiger partial charge in [-0.05, 0) is 42.1 Å². The summed E-state index contributed by atoms with van der Waals surface area (Å²) in [5.41, 5.74) is 4.17. The molecule has 0 saturated heterocycles. The van der Waals surface area contributed by atoms with Gasteiger partial charge < -0.3 is 4.90 Å². The highest BCUT2D eigenvalue weighted by Crippen LogP contribution is 2.30. The van der Waals surface area contributed by atoms with Crippen LogP contribution in [-0.4, -0.2) is 18.5 Å². The monoisotopic (exact) mass is 223 g/mol. The maximum atomic E-state index is 6.28. The van der Waals surface area contributed by atoms with Crippen LogP contribution in [0, 0.1) is 0 Å². The van der Waals surface area contributed by atoms with E-state index in [-0.39, 0.29) is 0 Å². The smallest absolute Gasteiger partial charge is 0.0443 e. The highest BCUT2D eigenvalue weighted by atomic mass is 35.5. The normalized spacial score (nSPS) is 16.9.